The van der Waals surface area contributed by atoms with Crippen LogP contribution < -0.4 is 9.62 Å². The summed E-state index contributed by atoms with van der Waals surface area (Å²) < 4.78 is 26.0. The van der Waals surface area contributed by atoms with Gasteiger partial charge in [0.15, 0.2) is 0 Å². The van der Waals surface area contributed by atoms with Gasteiger partial charge in [0.05, 0.1) is 17.1 Å². The van der Waals surface area contributed by atoms with E-state index in [1.807, 2.05) is 0 Å². The van der Waals surface area contributed by atoms with Gasteiger partial charge < -0.3 is 5.32 Å². The van der Waals surface area contributed by atoms with Crippen LogP contribution in [0.4, 0.5) is 11.4 Å². The third-order valence-electron chi connectivity index (χ3n) is 3.55. The molecule has 0 atom stereocenters. The van der Waals surface area contributed by atoms with Crippen molar-refractivity contribution in [1.82, 2.24) is 0 Å². The van der Waals surface area contributed by atoms with E-state index < -0.39 is 10.0 Å². The maximum Gasteiger partial charge on any atom is 0.245 e. The van der Waals surface area contributed by atoms with Crippen molar-refractivity contribution < 1.29 is 13.2 Å². The van der Waals surface area contributed by atoms with Gasteiger partial charge in [0, 0.05) is 0 Å². The monoisotopic (exact) mass is 280 g/mol. The molecule has 6 heteroatoms. The number of sulfonamides is 1. The summed E-state index contributed by atoms with van der Waals surface area (Å²) in [5.74, 6) is 0.400. The van der Waals surface area contributed by atoms with Gasteiger partial charge in [-0.05, 0) is 24.5 Å². The van der Waals surface area contributed by atoms with Crippen LogP contribution in [-0.2, 0) is 14.8 Å². The lowest BCUT2D eigenvalue weighted by Crippen LogP contribution is -2.43. The number of para-hydroxylation sites is 2. The Bertz CT molecular complexity index is 608. The lowest BCUT2D eigenvalue weighted by atomic mass is 10.2. The number of carbonyl (C=O) groups excluding carboxylic acids is 1. The lowest BCUT2D eigenvalue weighted by molar-refractivity contribution is -0.115. The number of fused-ring (bicyclic) bond motifs is 1. The molecule has 19 heavy (non-hydrogen) atoms. The molecule has 5 nitrogen and oxygen atoms in total. The van der Waals surface area contributed by atoms with Crippen LogP contribution in [0, 0.1) is 5.92 Å². The smallest absolute Gasteiger partial charge is 0.245 e. The minimum atomic E-state index is -3.41. The Kier molecular flexibility index (Phi) is 2.97. The van der Waals surface area contributed by atoms with Gasteiger partial charge in [-0.2, -0.15) is 0 Å². The Labute approximate surface area is 112 Å². The summed E-state index contributed by atoms with van der Waals surface area (Å²) >= 11 is 0. The largest absolute Gasteiger partial charge is 0.323 e. The van der Waals surface area contributed by atoms with Gasteiger partial charge in [-0.25, -0.2) is 8.42 Å². The molecule has 0 aromatic heterocycles. The Balaban J connectivity index is 1.88. The molecule has 1 saturated carbocycles. The third kappa shape index (κ3) is 2.58. The predicted molar refractivity (Wildman–Crippen MR) is 73.5 cm³/mol. The van der Waals surface area contributed by atoms with E-state index in [2.05, 4.69) is 5.32 Å². The van der Waals surface area contributed by atoms with Gasteiger partial charge in [-0.15, -0.1) is 0 Å². The summed E-state index contributed by atoms with van der Waals surface area (Å²) in [5.41, 5.74) is 1.13. The second kappa shape index (κ2) is 4.52. The van der Waals surface area contributed by atoms with Crippen LogP contribution in [0.2, 0.25) is 0 Å². The van der Waals surface area contributed by atoms with Crippen molar-refractivity contribution >= 4 is 27.3 Å². The van der Waals surface area contributed by atoms with E-state index in [1.54, 1.807) is 24.3 Å². The molecule has 1 amide bonds. The second-order valence-electron chi connectivity index (χ2n) is 5.12. The van der Waals surface area contributed by atoms with E-state index in [4.69, 9.17) is 0 Å². The molecule has 102 valence electrons. The zero-order chi connectivity index (χ0) is 13.5. The van der Waals surface area contributed by atoms with E-state index in [9.17, 15) is 13.2 Å². The Hall–Kier alpha value is -1.56. The summed E-state index contributed by atoms with van der Waals surface area (Å²) in [6.45, 7) is -0.121. The quantitative estimate of drug-likeness (QED) is 0.910. The van der Waals surface area contributed by atoms with E-state index in [1.165, 1.54) is 4.31 Å². The van der Waals surface area contributed by atoms with Crippen molar-refractivity contribution in [1.29, 1.82) is 0 Å². The maximum atomic E-state index is 12.4. The molecule has 1 aliphatic heterocycles. The molecular formula is C13H16N2O3S. The zero-order valence-electron chi connectivity index (χ0n) is 10.5. The van der Waals surface area contributed by atoms with Crippen molar-refractivity contribution in [2.24, 2.45) is 5.92 Å². The van der Waals surface area contributed by atoms with Crippen molar-refractivity contribution in [3.05, 3.63) is 24.3 Å². The van der Waals surface area contributed by atoms with E-state index in [-0.39, 0.29) is 18.2 Å². The minimum absolute atomic E-state index is 0.121. The van der Waals surface area contributed by atoms with Gasteiger partial charge >= 0.3 is 0 Å². The number of hydrogen-bond donors (Lipinski definition) is 1. The summed E-state index contributed by atoms with van der Waals surface area (Å²) in [6.07, 6.45) is 2.96. The average molecular weight is 280 g/mol. The van der Waals surface area contributed by atoms with Crippen molar-refractivity contribution in [3.8, 4) is 0 Å². The van der Waals surface area contributed by atoms with Crippen LogP contribution in [-0.4, -0.2) is 26.6 Å². The fraction of sp³-hybridized carbons (Fsp3) is 0.462. The molecule has 1 fully saturated rings. The summed E-state index contributed by atoms with van der Waals surface area (Å²) in [6, 6.07) is 7.00. The fourth-order valence-electron chi connectivity index (χ4n) is 2.28. The van der Waals surface area contributed by atoms with Crippen molar-refractivity contribution in [3.63, 3.8) is 0 Å². The molecule has 0 bridgehead atoms. The molecule has 0 saturated heterocycles. The fourth-order valence-corrected chi connectivity index (χ4v) is 3.91. The van der Waals surface area contributed by atoms with E-state index in [0.717, 1.165) is 12.8 Å². The highest BCUT2D eigenvalue weighted by Gasteiger charge is 2.32. The summed E-state index contributed by atoms with van der Waals surface area (Å²) in [4.78, 5) is 11.6. The summed E-state index contributed by atoms with van der Waals surface area (Å²) in [5, 5.41) is 2.69. The normalized spacial score (nSPS) is 18.9. The van der Waals surface area contributed by atoms with Crippen LogP contribution in [0.1, 0.15) is 19.3 Å². The first-order chi connectivity index (χ1) is 9.06. The number of benzene rings is 1. The first-order valence-electron chi connectivity index (χ1n) is 6.45. The number of nitrogens with zero attached hydrogens (tertiary/aromatic N) is 1. The zero-order valence-corrected chi connectivity index (χ0v) is 11.3. The molecule has 3 rings (SSSR count). The molecule has 1 N–H and O–H groups in total. The maximum absolute atomic E-state index is 12.4. The van der Waals surface area contributed by atoms with Crippen LogP contribution >= 0.6 is 0 Å². The van der Waals surface area contributed by atoms with Crippen LogP contribution in [0.5, 0.6) is 0 Å². The standard InChI is InChI=1S/C13H16N2O3S/c16-13-9-15(12-4-2-1-3-11(12)14-13)19(17,18)8-7-10-5-6-10/h1-4,10H,5-9H2,(H,14,16). The molecule has 1 heterocycles. The average Bonchev–Trinajstić information content (AvgIpc) is 3.19. The highest BCUT2D eigenvalue weighted by atomic mass is 32.2. The van der Waals surface area contributed by atoms with Crippen LogP contribution in [0.3, 0.4) is 0 Å². The van der Waals surface area contributed by atoms with Gasteiger partial charge in [0.1, 0.15) is 6.54 Å². The Morgan fingerprint density at radius 2 is 2.00 bits per heavy atom. The number of anilines is 2. The first-order valence-corrected chi connectivity index (χ1v) is 8.06. The molecule has 1 aromatic rings. The van der Waals surface area contributed by atoms with Crippen molar-refractivity contribution in [2.45, 2.75) is 19.3 Å². The molecule has 0 radical (unpaired) electrons. The molecule has 0 unspecified atom stereocenters. The van der Waals surface area contributed by atoms with Crippen molar-refractivity contribution in [2.75, 3.05) is 21.9 Å². The summed E-state index contributed by atoms with van der Waals surface area (Å²) in [7, 11) is -3.41. The Morgan fingerprint density at radius 1 is 1.26 bits per heavy atom. The Morgan fingerprint density at radius 3 is 2.74 bits per heavy atom. The predicted octanol–water partition coefficient (Wildman–Crippen LogP) is 1.57. The lowest BCUT2D eigenvalue weighted by Gasteiger charge is -2.30. The van der Waals surface area contributed by atoms with E-state index >= 15 is 0 Å². The van der Waals surface area contributed by atoms with Crippen LogP contribution in [0.25, 0.3) is 0 Å². The van der Waals surface area contributed by atoms with Gasteiger partial charge in [-0.1, -0.05) is 25.0 Å². The highest BCUT2D eigenvalue weighted by molar-refractivity contribution is 7.92. The molecule has 0 spiro atoms. The van der Waals surface area contributed by atoms with Crippen LogP contribution in [0.15, 0.2) is 24.3 Å². The first kappa shape index (κ1) is 12.5. The topological polar surface area (TPSA) is 66.5 Å². The van der Waals surface area contributed by atoms with Gasteiger partial charge in [-0.3, -0.25) is 9.10 Å². The molecule has 1 aromatic carbocycles. The number of rotatable bonds is 4. The molecular weight excluding hydrogens is 264 g/mol. The van der Waals surface area contributed by atoms with E-state index in [0.29, 0.717) is 23.7 Å². The SMILES string of the molecule is O=C1CN(S(=O)(=O)CCC2CC2)c2ccccc2N1. The number of carbonyl (C=O) groups is 1. The van der Waals surface area contributed by atoms with Gasteiger partial charge in [0.2, 0.25) is 15.9 Å². The number of hydrogen-bond acceptors (Lipinski definition) is 3. The molecule has 2 aliphatic rings. The third-order valence-corrected chi connectivity index (χ3v) is 5.30. The highest BCUT2D eigenvalue weighted by Crippen LogP contribution is 2.35. The number of nitrogens with one attached hydrogen (secondary N) is 1. The number of amides is 1. The molecule has 1 aliphatic carbocycles. The van der Waals surface area contributed by atoms with Gasteiger partial charge in [0.25, 0.3) is 0 Å². The minimum Gasteiger partial charge on any atom is -0.323 e. The second-order valence-corrected chi connectivity index (χ2v) is 7.13.